The number of thiocarbonyl (C=S) groups is 1. The number of nitrogens with zero attached hydrogens (tertiary/aromatic N) is 1. The molecule has 27 heavy (non-hydrogen) atoms. The van der Waals surface area contributed by atoms with Crippen molar-refractivity contribution in [3.05, 3.63) is 35.9 Å². The Hall–Kier alpha value is -2.15. The number of nitrogens with one attached hydrogen (secondary N) is 2. The van der Waals surface area contributed by atoms with Crippen LogP contribution in [0.5, 0.6) is 0 Å². The van der Waals surface area contributed by atoms with Gasteiger partial charge in [-0.3, -0.25) is 10.1 Å². The number of hydrogen-bond acceptors (Lipinski definition) is 3. The van der Waals surface area contributed by atoms with Gasteiger partial charge in [0, 0.05) is 23.7 Å². The maximum Gasteiger partial charge on any atom is 0.407 e. The van der Waals surface area contributed by atoms with Crippen LogP contribution in [-0.4, -0.2) is 45.2 Å². The van der Waals surface area contributed by atoms with Gasteiger partial charge in [-0.15, -0.1) is 0 Å². The lowest BCUT2D eigenvalue weighted by Crippen LogP contribution is -2.49. The van der Waals surface area contributed by atoms with Crippen molar-refractivity contribution in [3.63, 3.8) is 0 Å². The highest BCUT2D eigenvalue weighted by Gasteiger charge is 2.31. The summed E-state index contributed by atoms with van der Waals surface area (Å²) in [6.45, 7) is 6.31. The van der Waals surface area contributed by atoms with Crippen LogP contribution in [-0.2, 0) is 0 Å². The van der Waals surface area contributed by atoms with Crippen LogP contribution in [0.1, 0.15) is 56.8 Å². The number of rotatable bonds is 4. The van der Waals surface area contributed by atoms with Gasteiger partial charge in [0.15, 0.2) is 5.11 Å². The molecular weight excluding hydrogens is 362 g/mol. The molecule has 0 heterocycles. The van der Waals surface area contributed by atoms with Gasteiger partial charge in [-0.2, -0.15) is 0 Å². The lowest BCUT2D eigenvalue weighted by Gasteiger charge is -2.38. The zero-order valence-corrected chi connectivity index (χ0v) is 17.0. The number of hydrogen-bond donors (Lipinski definition) is 3. The molecule has 0 spiro atoms. The van der Waals surface area contributed by atoms with E-state index in [4.69, 9.17) is 12.2 Å². The third kappa shape index (κ3) is 6.50. The van der Waals surface area contributed by atoms with E-state index in [1.165, 1.54) is 4.90 Å². The number of benzene rings is 1. The minimum atomic E-state index is -0.868. The molecule has 7 heteroatoms. The summed E-state index contributed by atoms with van der Waals surface area (Å²) in [5, 5.41) is 15.7. The first-order valence-electron chi connectivity index (χ1n) is 9.34. The van der Waals surface area contributed by atoms with Crippen molar-refractivity contribution >= 4 is 29.3 Å². The van der Waals surface area contributed by atoms with Crippen LogP contribution in [0.15, 0.2) is 30.3 Å². The standard InChI is InChI=1S/C20H29N3O3S/c1-20(2,3)23(19(25)26)13-14-9-11-16(12-10-14)21-18(27)22-17(24)15-7-5-4-6-8-15/h4-8,14,16H,9-13H2,1-3H3,(H,25,26)(H2,21,22,24,27)/t14-,16-. The highest BCUT2D eigenvalue weighted by molar-refractivity contribution is 7.80. The Bertz CT molecular complexity index is 665. The van der Waals surface area contributed by atoms with Gasteiger partial charge in [0.1, 0.15) is 0 Å². The molecular formula is C20H29N3O3S. The van der Waals surface area contributed by atoms with E-state index in [0.29, 0.717) is 23.1 Å². The molecule has 0 aromatic heterocycles. The Labute approximate surface area is 166 Å². The fourth-order valence-corrected chi connectivity index (χ4v) is 3.63. The van der Waals surface area contributed by atoms with E-state index in [1.807, 2.05) is 39.0 Å². The van der Waals surface area contributed by atoms with E-state index in [-0.39, 0.29) is 11.9 Å². The van der Waals surface area contributed by atoms with E-state index >= 15 is 0 Å². The van der Waals surface area contributed by atoms with E-state index in [0.717, 1.165) is 25.7 Å². The average molecular weight is 392 g/mol. The summed E-state index contributed by atoms with van der Waals surface area (Å²) in [6.07, 6.45) is 2.82. The van der Waals surface area contributed by atoms with Gasteiger partial charge >= 0.3 is 6.09 Å². The predicted octanol–water partition coefficient (Wildman–Crippen LogP) is 3.63. The highest BCUT2D eigenvalue weighted by Crippen LogP contribution is 2.27. The molecule has 2 amide bonds. The summed E-state index contributed by atoms with van der Waals surface area (Å²) < 4.78 is 0. The van der Waals surface area contributed by atoms with Gasteiger partial charge in [0.25, 0.3) is 5.91 Å². The smallest absolute Gasteiger partial charge is 0.407 e. The molecule has 1 aliphatic carbocycles. The molecule has 0 atom stereocenters. The molecule has 2 rings (SSSR count). The molecule has 3 N–H and O–H groups in total. The van der Waals surface area contributed by atoms with Crippen molar-refractivity contribution in [1.29, 1.82) is 0 Å². The normalized spacial score (nSPS) is 19.8. The van der Waals surface area contributed by atoms with Gasteiger partial charge in [0.2, 0.25) is 0 Å². The number of carbonyl (C=O) groups excluding carboxylic acids is 1. The Morgan fingerprint density at radius 3 is 2.26 bits per heavy atom. The Kier molecular flexibility index (Phi) is 7.18. The third-order valence-corrected chi connectivity index (χ3v) is 5.15. The molecule has 0 unspecified atom stereocenters. The molecule has 1 aromatic rings. The van der Waals surface area contributed by atoms with Crippen molar-refractivity contribution in [2.24, 2.45) is 5.92 Å². The highest BCUT2D eigenvalue weighted by atomic mass is 32.1. The van der Waals surface area contributed by atoms with Crippen LogP contribution in [0.2, 0.25) is 0 Å². The van der Waals surface area contributed by atoms with E-state index in [9.17, 15) is 14.7 Å². The summed E-state index contributed by atoms with van der Waals surface area (Å²) in [4.78, 5) is 25.2. The number of carboxylic acid groups (broad SMARTS) is 1. The Balaban J connectivity index is 1.78. The molecule has 1 aromatic carbocycles. The van der Waals surface area contributed by atoms with Crippen molar-refractivity contribution in [2.45, 2.75) is 58.0 Å². The molecule has 0 saturated heterocycles. The first-order chi connectivity index (χ1) is 12.7. The first-order valence-corrected chi connectivity index (χ1v) is 9.75. The topological polar surface area (TPSA) is 81.7 Å². The molecule has 0 aliphatic heterocycles. The molecule has 1 aliphatic rings. The van der Waals surface area contributed by atoms with Crippen LogP contribution in [0.3, 0.4) is 0 Å². The average Bonchev–Trinajstić information content (AvgIpc) is 2.60. The van der Waals surface area contributed by atoms with Crippen molar-refractivity contribution in [3.8, 4) is 0 Å². The second kappa shape index (κ2) is 9.17. The molecule has 6 nitrogen and oxygen atoms in total. The summed E-state index contributed by atoms with van der Waals surface area (Å²) in [5.41, 5.74) is 0.172. The van der Waals surface area contributed by atoms with Crippen LogP contribution in [0, 0.1) is 5.92 Å². The maximum absolute atomic E-state index is 12.1. The summed E-state index contributed by atoms with van der Waals surface area (Å²) in [7, 11) is 0. The fraction of sp³-hybridized carbons (Fsp3) is 0.550. The molecule has 1 saturated carbocycles. The molecule has 1 fully saturated rings. The Morgan fingerprint density at radius 2 is 1.74 bits per heavy atom. The lowest BCUT2D eigenvalue weighted by molar-refractivity contribution is 0.0818. The second-order valence-electron chi connectivity index (χ2n) is 8.08. The van der Waals surface area contributed by atoms with Gasteiger partial charge in [-0.05, 0) is 76.7 Å². The van der Waals surface area contributed by atoms with Gasteiger partial charge in [0.05, 0.1) is 0 Å². The van der Waals surface area contributed by atoms with Gasteiger partial charge < -0.3 is 15.3 Å². The van der Waals surface area contributed by atoms with Crippen LogP contribution in [0.25, 0.3) is 0 Å². The summed E-state index contributed by atoms with van der Waals surface area (Å²) in [5.74, 6) is 0.134. The second-order valence-corrected chi connectivity index (χ2v) is 8.48. The number of carbonyl (C=O) groups is 2. The lowest BCUT2D eigenvalue weighted by atomic mass is 9.85. The summed E-state index contributed by atoms with van der Waals surface area (Å²) in [6, 6.07) is 9.17. The van der Waals surface area contributed by atoms with Crippen LogP contribution in [0.4, 0.5) is 4.79 Å². The third-order valence-electron chi connectivity index (χ3n) is 4.93. The number of amides is 2. The zero-order chi connectivity index (χ0) is 20.0. The SMILES string of the molecule is CC(C)(C)N(C[C@H]1CC[C@H](NC(=S)NC(=O)c2ccccc2)CC1)C(=O)O. The van der Waals surface area contributed by atoms with Crippen molar-refractivity contribution in [2.75, 3.05) is 6.54 Å². The minimum Gasteiger partial charge on any atom is -0.465 e. The minimum absolute atomic E-state index is 0.206. The van der Waals surface area contributed by atoms with Crippen molar-refractivity contribution < 1.29 is 14.7 Å². The van der Waals surface area contributed by atoms with Gasteiger partial charge in [-0.1, -0.05) is 18.2 Å². The monoisotopic (exact) mass is 391 g/mol. The quantitative estimate of drug-likeness (QED) is 0.683. The molecule has 0 bridgehead atoms. The fourth-order valence-electron chi connectivity index (χ4n) is 3.37. The molecule has 0 radical (unpaired) electrons. The first kappa shape index (κ1) is 21.2. The zero-order valence-electron chi connectivity index (χ0n) is 16.2. The largest absolute Gasteiger partial charge is 0.465 e. The van der Waals surface area contributed by atoms with E-state index < -0.39 is 11.6 Å². The van der Waals surface area contributed by atoms with E-state index in [2.05, 4.69) is 10.6 Å². The van der Waals surface area contributed by atoms with Crippen LogP contribution < -0.4 is 10.6 Å². The van der Waals surface area contributed by atoms with Gasteiger partial charge in [-0.25, -0.2) is 4.79 Å². The molecule has 148 valence electrons. The predicted molar refractivity (Wildman–Crippen MR) is 110 cm³/mol. The van der Waals surface area contributed by atoms with E-state index in [1.54, 1.807) is 12.1 Å². The maximum atomic E-state index is 12.1. The van der Waals surface area contributed by atoms with Crippen molar-refractivity contribution in [1.82, 2.24) is 15.5 Å². The summed E-state index contributed by atoms with van der Waals surface area (Å²) >= 11 is 5.26. The Morgan fingerprint density at radius 1 is 1.15 bits per heavy atom. The van der Waals surface area contributed by atoms with Crippen LogP contribution >= 0.6 is 12.2 Å².